The average Bonchev–Trinajstić information content (AvgIpc) is 2.55. The monoisotopic (exact) mass is 301 g/mol. The van der Waals surface area contributed by atoms with E-state index in [-0.39, 0.29) is 5.63 Å². The molecular weight excluding hydrogens is 280 g/mol. The smallest absolute Gasteiger partial charge is 0.336 e. The van der Waals surface area contributed by atoms with Crippen LogP contribution in [0.2, 0.25) is 0 Å². The van der Waals surface area contributed by atoms with Crippen LogP contribution in [0.15, 0.2) is 33.5 Å². The molecule has 5 nitrogen and oxygen atoms in total. The molecule has 0 spiro atoms. The molecule has 0 amide bonds. The van der Waals surface area contributed by atoms with Crippen molar-refractivity contribution in [2.45, 2.75) is 6.54 Å². The number of nitrogens with zero attached hydrogens (tertiary/aromatic N) is 2. The van der Waals surface area contributed by atoms with E-state index >= 15 is 0 Å². The van der Waals surface area contributed by atoms with E-state index in [0.29, 0.717) is 11.3 Å². The maximum absolute atomic E-state index is 11.9. The zero-order valence-electron chi connectivity index (χ0n) is 12.9. The minimum absolute atomic E-state index is 0.274. The van der Waals surface area contributed by atoms with Gasteiger partial charge in [0.2, 0.25) is 0 Å². The van der Waals surface area contributed by atoms with Crippen molar-refractivity contribution in [3.05, 3.63) is 40.2 Å². The summed E-state index contributed by atoms with van der Waals surface area (Å²) in [7, 11) is 1.62. The quantitative estimate of drug-likeness (QED) is 0.636. The summed E-state index contributed by atoms with van der Waals surface area (Å²) in [5.41, 5.74) is 1.45. The lowest BCUT2D eigenvalue weighted by atomic mass is 10.0. The van der Waals surface area contributed by atoms with E-state index in [2.05, 4.69) is 4.90 Å². The number of hydrogen-bond donors (Lipinski definition) is 0. The van der Waals surface area contributed by atoms with E-state index in [0.717, 1.165) is 22.0 Å². The third kappa shape index (κ3) is 2.30. The molecule has 5 rings (SSSR count). The van der Waals surface area contributed by atoms with Gasteiger partial charge in [-0.2, -0.15) is 0 Å². The van der Waals surface area contributed by atoms with Crippen LogP contribution in [0, 0.1) is 0 Å². The molecule has 1 aromatic carbocycles. The van der Waals surface area contributed by atoms with E-state index < -0.39 is 0 Å². The fourth-order valence-electron chi connectivity index (χ4n) is 3.80. The molecule has 3 aliphatic heterocycles. The minimum atomic E-state index is -0.274. The SMILES string of the molecule is COc1ccc2c(C[N+]34CCN(CC3)CC4)cc(=O)oc2c1. The molecule has 4 heterocycles. The molecule has 3 saturated heterocycles. The summed E-state index contributed by atoms with van der Waals surface area (Å²) in [6.07, 6.45) is 0. The fraction of sp³-hybridized carbons (Fsp3) is 0.471. The van der Waals surface area contributed by atoms with Crippen LogP contribution in [0.1, 0.15) is 5.56 Å². The lowest BCUT2D eigenvalue weighted by molar-refractivity contribution is -0.953. The van der Waals surface area contributed by atoms with Crippen molar-refractivity contribution < 1.29 is 13.6 Å². The van der Waals surface area contributed by atoms with E-state index in [4.69, 9.17) is 9.15 Å². The molecule has 0 atom stereocenters. The van der Waals surface area contributed by atoms with Gasteiger partial charge in [-0.1, -0.05) is 0 Å². The van der Waals surface area contributed by atoms with E-state index in [1.54, 1.807) is 19.2 Å². The first kappa shape index (κ1) is 13.8. The molecular formula is C17H21N2O3+. The van der Waals surface area contributed by atoms with Crippen molar-refractivity contribution in [1.82, 2.24) is 4.90 Å². The molecule has 0 radical (unpaired) electrons. The third-order valence-electron chi connectivity index (χ3n) is 5.21. The van der Waals surface area contributed by atoms with Crippen LogP contribution in [0.3, 0.4) is 0 Å². The van der Waals surface area contributed by atoms with Gasteiger partial charge in [-0.05, 0) is 12.1 Å². The van der Waals surface area contributed by atoms with Crippen molar-refractivity contribution >= 4 is 11.0 Å². The van der Waals surface area contributed by atoms with Crippen molar-refractivity contribution in [3.63, 3.8) is 0 Å². The van der Waals surface area contributed by atoms with Crippen LogP contribution >= 0.6 is 0 Å². The maximum atomic E-state index is 11.9. The Bertz CT molecular complexity index is 746. The average molecular weight is 301 g/mol. The summed E-state index contributed by atoms with van der Waals surface area (Å²) in [4.78, 5) is 14.5. The molecule has 0 saturated carbocycles. The molecule has 22 heavy (non-hydrogen) atoms. The maximum Gasteiger partial charge on any atom is 0.336 e. The number of ether oxygens (including phenoxy) is 1. The lowest BCUT2D eigenvalue weighted by Gasteiger charge is -2.50. The predicted octanol–water partition coefficient (Wildman–Crippen LogP) is 1.45. The van der Waals surface area contributed by atoms with Gasteiger partial charge < -0.3 is 13.6 Å². The molecule has 5 heteroatoms. The molecule has 2 aromatic rings. The number of quaternary nitrogens is 1. The summed E-state index contributed by atoms with van der Waals surface area (Å²) in [6.45, 7) is 7.98. The Morgan fingerprint density at radius 1 is 1.18 bits per heavy atom. The molecule has 0 unspecified atom stereocenters. The van der Waals surface area contributed by atoms with E-state index in [1.807, 2.05) is 12.1 Å². The van der Waals surface area contributed by atoms with Crippen molar-refractivity contribution in [3.8, 4) is 5.75 Å². The molecule has 0 N–H and O–H groups in total. The number of benzene rings is 1. The number of rotatable bonds is 3. The van der Waals surface area contributed by atoms with E-state index in [9.17, 15) is 4.79 Å². The van der Waals surface area contributed by atoms with Crippen LogP contribution in [0.4, 0.5) is 0 Å². The lowest BCUT2D eigenvalue weighted by Crippen LogP contribution is -2.66. The number of methoxy groups -OCH3 is 1. The van der Waals surface area contributed by atoms with Gasteiger partial charge in [0.15, 0.2) is 0 Å². The summed E-state index contributed by atoms with van der Waals surface area (Å²) < 4.78 is 11.7. The third-order valence-corrected chi connectivity index (χ3v) is 5.21. The highest BCUT2D eigenvalue weighted by molar-refractivity contribution is 5.81. The van der Waals surface area contributed by atoms with Gasteiger partial charge in [-0.3, -0.25) is 4.90 Å². The first-order valence-electron chi connectivity index (χ1n) is 7.86. The summed E-state index contributed by atoms with van der Waals surface area (Å²) in [5.74, 6) is 0.714. The Labute approximate surface area is 129 Å². The molecule has 1 aromatic heterocycles. The van der Waals surface area contributed by atoms with Crippen LogP contribution in [0.25, 0.3) is 11.0 Å². The molecule has 3 fully saturated rings. The largest absolute Gasteiger partial charge is 0.497 e. The minimum Gasteiger partial charge on any atom is -0.497 e. The normalized spacial score (nSPS) is 27.2. The first-order chi connectivity index (χ1) is 10.7. The standard InChI is InChI=1S/C17H21N2O3/c1-21-14-2-3-15-13(10-17(20)22-16(15)11-14)12-19-7-4-18(5-8-19)6-9-19/h2-3,10-11H,4-9,12H2,1H3/q+1. The van der Waals surface area contributed by atoms with Gasteiger partial charge in [0.1, 0.15) is 17.9 Å². The number of fused-ring (bicyclic) bond motifs is 4. The highest BCUT2D eigenvalue weighted by Crippen LogP contribution is 2.28. The first-order valence-corrected chi connectivity index (χ1v) is 7.86. The highest BCUT2D eigenvalue weighted by Gasteiger charge is 2.38. The summed E-state index contributed by atoms with van der Waals surface area (Å²) in [6, 6.07) is 7.40. The van der Waals surface area contributed by atoms with Crippen LogP contribution < -0.4 is 10.4 Å². The number of piperazine rings is 3. The zero-order chi connectivity index (χ0) is 15.2. The second kappa shape index (κ2) is 5.11. The van der Waals surface area contributed by atoms with Crippen LogP contribution in [-0.4, -0.2) is 55.8 Å². The molecule has 2 bridgehead atoms. The van der Waals surface area contributed by atoms with Crippen molar-refractivity contribution in [2.75, 3.05) is 46.4 Å². The Morgan fingerprint density at radius 2 is 1.91 bits per heavy atom. The number of hydrogen-bond acceptors (Lipinski definition) is 4. The Morgan fingerprint density at radius 3 is 2.59 bits per heavy atom. The van der Waals surface area contributed by atoms with Gasteiger partial charge >= 0.3 is 5.63 Å². The molecule has 3 aliphatic rings. The second-order valence-electron chi connectivity index (χ2n) is 6.46. The topological polar surface area (TPSA) is 42.7 Å². The van der Waals surface area contributed by atoms with Gasteiger partial charge in [0.25, 0.3) is 0 Å². The summed E-state index contributed by atoms with van der Waals surface area (Å²) >= 11 is 0. The fourth-order valence-corrected chi connectivity index (χ4v) is 3.80. The van der Waals surface area contributed by atoms with Crippen molar-refractivity contribution in [2.24, 2.45) is 0 Å². The molecule has 116 valence electrons. The van der Waals surface area contributed by atoms with Gasteiger partial charge in [0.05, 0.1) is 26.7 Å². The van der Waals surface area contributed by atoms with Crippen LogP contribution in [0.5, 0.6) is 5.75 Å². The zero-order valence-corrected chi connectivity index (χ0v) is 12.9. The Balaban J connectivity index is 1.76. The van der Waals surface area contributed by atoms with Gasteiger partial charge in [-0.15, -0.1) is 0 Å². The summed E-state index contributed by atoms with van der Waals surface area (Å²) in [5, 5.41) is 1.03. The highest BCUT2D eigenvalue weighted by atomic mass is 16.5. The van der Waals surface area contributed by atoms with Gasteiger partial charge in [0, 0.05) is 42.7 Å². The van der Waals surface area contributed by atoms with Crippen molar-refractivity contribution in [1.29, 1.82) is 0 Å². The van der Waals surface area contributed by atoms with Gasteiger partial charge in [-0.25, -0.2) is 4.79 Å². The second-order valence-corrected chi connectivity index (χ2v) is 6.46. The van der Waals surface area contributed by atoms with E-state index in [1.165, 1.54) is 39.3 Å². The Hall–Kier alpha value is -1.85. The Kier molecular flexibility index (Phi) is 3.20. The van der Waals surface area contributed by atoms with Crippen LogP contribution in [-0.2, 0) is 6.54 Å². The molecule has 0 aliphatic carbocycles. The predicted molar refractivity (Wildman–Crippen MR) is 84.0 cm³/mol.